The van der Waals surface area contributed by atoms with Gasteiger partial charge in [0.15, 0.2) is 5.78 Å². The molecule has 0 amide bonds. The highest BCUT2D eigenvalue weighted by Gasteiger charge is 2.30. The number of halogens is 3. The molecule has 1 aliphatic heterocycles. The molecule has 166 valence electrons. The molecule has 6 nitrogen and oxygen atoms in total. The number of benzene rings is 2. The molecule has 2 aromatic carbocycles. The third-order valence-corrected chi connectivity index (χ3v) is 6.65. The molecule has 3 rings (SSSR count). The van der Waals surface area contributed by atoms with E-state index < -0.39 is 21.8 Å². The summed E-state index contributed by atoms with van der Waals surface area (Å²) in [6.45, 7) is 1.66. The van der Waals surface area contributed by atoms with E-state index in [9.17, 15) is 26.4 Å². The van der Waals surface area contributed by atoms with E-state index in [4.69, 9.17) is 4.84 Å². The van der Waals surface area contributed by atoms with Crippen molar-refractivity contribution in [1.82, 2.24) is 9.79 Å². The molecule has 31 heavy (non-hydrogen) atoms. The van der Waals surface area contributed by atoms with Crippen LogP contribution in [0.1, 0.15) is 34.8 Å². The van der Waals surface area contributed by atoms with Crippen LogP contribution in [-0.4, -0.2) is 31.6 Å². The Morgan fingerprint density at radius 1 is 1.16 bits per heavy atom. The second kappa shape index (κ2) is 9.21. The Morgan fingerprint density at radius 3 is 2.45 bits per heavy atom. The maximum Gasteiger partial charge on any atom is 0.416 e. The number of rotatable bonds is 7. The lowest BCUT2D eigenvalue weighted by Crippen LogP contribution is -2.36. The predicted octanol–water partition coefficient (Wildman–Crippen LogP) is 3.91. The molecular formula is C21H21F3N2O4S. The van der Waals surface area contributed by atoms with Gasteiger partial charge < -0.3 is 0 Å². The summed E-state index contributed by atoms with van der Waals surface area (Å²) in [4.78, 5) is 16.7. The van der Waals surface area contributed by atoms with Gasteiger partial charge in [-0.15, -0.1) is 0 Å². The van der Waals surface area contributed by atoms with E-state index in [0.717, 1.165) is 12.1 Å². The quantitative estimate of drug-likeness (QED) is 0.507. The highest BCUT2D eigenvalue weighted by atomic mass is 32.2. The second-order valence-electron chi connectivity index (χ2n) is 7.01. The van der Waals surface area contributed by atoms with Crippen molar-refractivity contribution in [2.45, 2.75) is 31.0 Å². The number of hydroxylamine groups is 1. The molecule has 1 N–H and O–H groups in total. The van der Waals surface area contributed by atoms with Crippen LogP contribution in [0.3, 0.4) is 0 Å². The largest absolute Gasteiger partial charge is 0.416 e. The van der Waals surface area contributed by atoms with Crippen LogP contribution in [0.5, 0.6) is 0 Å². The fourth-order valence-corrected chi connectivity index (χ4v) is 4.40. The van der Waals surface area contributed by atoms with E-state index in [-0.39, 0.29) is 30.4 Å². The van der Waals surface area contributed by atoms with Crippen LogP contribution in [0.25, 0.3) is 0 Å². The number of alkyl halides is 3. The highest BCUT2D eigenvalue weighted by molar-refractivity contribution is 7.89. The summed E-state index contributed by atoms with van der Waals surface area (Å²) in [5, 5.41) is 0. The fourth-order valence-electron chi connectivity index (χ4n) is 3.02. The molecule has 0 unspecified atom stereocenters. The first-order valence-electron chi connectivity index (χ1n) is 9.41. The van der Waals surface area contributed by atoms with Crippen LogP contribution in [0, 0.1) is 0 Å². The van der Waals surface area contributed by atoms with Gasteiger partial charge in [0.2, 0.25) is 10.0 Å². The molecule has 0 bridgehead atoms. The standard InChI is InChI=1S/C21H21F3N2O4S/c1-15(27)17-5-7-20(8-6-17)31(28,29)26-11-9-19(10-12-26)25-30-14-16-3-2-4-18(13-16)21(22,23)24/h2-9,13,25H,10-12,14H2,1H3. The van der Waals surface area contributed by atoms with E-state index in [2.05, 4.69) is 5.48 Å². The zero-order valence-corrected chi connectivity index (χ0v) is 17.5. The molecule has 0 aliphatic carbocycles. The van der Waals surface area contributed by atoms with Gasteiger partial charge >= 0.3 is 6.18 Å². The van der Waals surface area contributed by atoms with Gasteiger partial charge in [-0.2, -0.15) is 17.5 Å². The van der Waals surface area contributed by atoms with Crippen molar-refractivity contribution in [2.75, 3.05) is 13.1 Å². The molecule has 0 radical (unpaired) electrons. The van der Waals surface area contributed by atoms with Crippen molar-refractivity contribution in [1.29, 1.82) is 0 Å². The lowest BCUT2D eigenvalue weighted by molar-refractivity contribution is -0.137. The number of nitrogens with zero attached hydrogens (tertiary/aromatic N) is 1. The van der Waals surface area contributed by atoms with Crippen molar-refractivity contribution in [3.05, 3.63) is 77.0 Å². The van der Waals surface area contributed by atoms with Crippen molar-refractivity contribution in [2.24, 2.45) is 0 Å². The number of sulfonamides is 1. The Balaban J connectivity index is 1.56. The van der Waals surface area contributed by atoms with Gasteiger partial charge in [0, 0.05) is 30.8 Å². The first-order chi connectivity index (χ1) is 14.6. The molecule has 1 aliphatic rings. The van der Waals surface area contributed by atoms with Crippen LogP contribution < -0.4 is 5.48 Å². The van der Waals surface area contributed by atoms with Crippen molar-refractivity contribution >= 4 is 15.8 Å². The molecule has 2 aromatic rings. The third kappa shape index (κ3) is 5.72. The second-order valence-corrected chi connectivity index (χ2v) is 8.95. The number of carbonyl (C=O) groups is 1. The molecule has 1 heterocycles. The molecular weight excluding hydrogens is 433 g/mol. The summed E-state index contributed by atoms with van der Waals surface area (Å²) in [6.07, 6.45) is -2.42. The Bertz CT molecular complexity index is 1080. The van der Waals surface area contributed by atoms with Gasteiger partial charge in [-0.1, -0.05) is 24.3 Å². The van der Waals surface area contributed by atoms with Gasteiger partial charge in [0.1, 0.15) is 0 Å². The van der Waals surface area contributed by atoms with Crippen LogP contribution in [-0.2, 0) is 27.6 Å². The Hall–Kier alpha value is -2.69. The summed E-state index contributed by atoms with van der Waals surface area (Å²) in [7, 11) is -3.71. The van der Waals surface area contributed by atoms with Crippen LogP contribution in [0.2, 0.25) is 0 Å². The smallest absolute Gasteiger partial charge is 0.295 e. The maximum atomic E-state index is 12.8. The number of ketones is 1. The van der Waals surface area contributed by atoms with Gasteiger partial charge in [0.05, 0.1) is 17.1 Å². The summed E-state index contributed by atoms with van der Waals surface area (Å²) < 4.78 is 65.1. The lowest BCUT2D eigenvalue weighted by atomic mass is 10.1. The normalized spacial score (nSPS) is 15.4. The zero-order valence-electron chi connectivity index (χ0n) is 16.6. The minimum Gasteiger partial charge on any atom is -0.295 e. The maximum absolute atomic E-state index is 12.8. The van der Waals surface area contributed by atoms with Crippen molar-refractivity contribution in [3.63, 3.8) is 0 Å². The number of Topliss-reactive ketones (excluding diaryl/α,β-unsaturated/α-hetero) is 1. The number of nitrogens with one attached hydrogen (secondary N) is 1. The zero-order chi connectivity index (χ0) is 22.6. The molecule has 0 fully saturated rings. The van der Waals surface area contributed by atoms with Crippen molar-refractivity contribution in [3.8, 4) is 0 Å². The van der Waals surface area contributed by atoms with Crippen LogP contribution in [0.4, 0.5) is 13.2 Å². The first kappa shape index (κ1) is 23.0. The van der Waals surface area contributed by atoms with E-state index in [1.54, 1.807) is 6.08 Å². The SMILES string of the molecule is CC(=O)c1ccc(S(=O)(=O)N2CC=C(NOCc3cccc(C(F)(F)F)c3)CC2)cc1. The number of carbonyl (C=O) groups excluding carboxylic acids is 1. The van der Waals surface area contributed by atoms with Crippen molar-refractivity contribution < 1.29 is 31.2 Å². The lowest BCUT2D eigenvalue weighted by Gasteiger charge is -2.26. The Kier molecular flexibility index (Phi) is 6.83. The molecule has 0 saturated heterocycles. The number of hydrogen-bond acceptors (Lipinski definition) is 5. The molecule has 0 aromatic heterocycles. The summed E-state index contributed by atoms with van der Waals surface area (Å²) in [5.74, 6) is -0.147. The van der Waals surface area contributed by atoms with E-state index in [0.29, 0.717) is 23.2 Å². The van der Waals surface area contributed by atoms with Gasteiger partial charge in [-0.25, -0.2) is 8.42 Å². The van der Waals surface area contributed by atoms with Crippen LogP contribution >= 0.6 is 0 Å². The van der Waals surface area contributed by atoms with Gasteiger partial charge in [0.25, 0.3) is 0 Å². The molecule has 10 heteroatoms. The molecule has 0 atom stereocenters. The number of hydrogen-bond donors (Lipinski definition) is 1. The summed E-state index contributed by atoms with van der Waals surface area (Å²) in [5.41, 5.74) is 3.37. The minimum atomic E-state index is -4.42. The van der Waals surface area contributed by atoms with Gasteiger partial charge in [-0.3, -0.25) is 15.1 Å². The minimum absolute atomic E-state index is 0.0776. The Morgan fingerprint density at radius 2 is 1.87 bits per heavy atom. The van der Waals surface area contributed by atoms with Gasteiger partial charge in [-0.05, 0) is 42.8 Å². The monoisotopic (exact) mass is 454 g/mol. The molecule has 0 spiro atoms. The van der Waals surface area contributed by atoms with Crippen LogP contribution in [0.15, 0.2) is 65.2 Å². The predicted molar refractivity (Wildman–Crippen MR) is 107 cm³/mol. The summed E-state index contributed by atoms with van der Waals surface area (Å²) in [6, 6.07) is 10.6. The van der Waals surface area contributed by atoms with E-state index in [1.807, 2.05) is 0 Å². The summed E-state index contributed by atoms with van der Waals surface area (Å²) >= 11 is 0. The van der Waals surface area contributed by atoms with E-state index in [1.165, 1.54) is 47.6 Å². The fraction of sp³-hybridized carbons (Fsp3) is 0.286. The average molecular weight is 454 g/mol. The average Bonchev–Trinajstić information content (AvgIpc) is 2.74. The molecule has 0 saturated carbocycles. The topological polar surface area (TPSA) is 75.7 Å². The Labute approximate surface area is 178 Å². The van der Waals surface area contributed by atoms with E-state index >= 15 is 0 Å². The third-order valence-electron chi connectivity index (χ3n) is 4.77. The first-order valence-corrected chi connectivity index (χ1v) is 10.9. The highest BCUT2D eigenvalue weighted by Crippen LogP contribution is 2.29.